The Balaban J connectivity index is 2.09. The third kappa shape index (κ3) is 1.79. The minimum Gasteiger partial charge on any atom is -0.298 e. The lowest BCUT2D eigenvalue weighted by Crippen LogP contribution is -2.31. The molecule has 2 aliphatic carbocycles. The van der Waals surface area contributed by atoms with Gasteiger partial charge >= 0.3 is 0 Å². The summed E-state index contributed by atoms with van der Waals surface area (Å²) >= 11 is 0. The Bertz CT molecular complexity index is 542. The lowest BCUT2D eigenvalue weighted by Gasteiger charge is -2.29. The summed E-state index contributed by atoms with van der Waals surface area (Å²) in [4.78, 5) is 12.9. The number of fused-ring (bicyclic) bond motifs is 2. The molecule has 2 bridgehead atoms. The second-order valence-electron chi connectivity index (χ2n) is 6.91. The predicted octanol–water partition coefficient (Wildman–Crippen LogP) is 4.50. The van der Waals surface area contributed by atoms with E-state index in [-0.39, 0.29) is 10.8 Å². The van der Waals surface area contributed by atoms with Crippen LogP contribution >= 0.6 is 0 Å². The highest BCUT2D eigenvalue weighted by Gasteiger charge is 2.57. The summed E-state index contributed by atoms with van der Waals surface area (Å²) in [5.74, 6) is 0.845. The summed E-state index contributed by atoms with van der Waals surface area (Å²) in [6, 6.07) is 10.6. The van der Waals surface area contributed by atoms with E-state index in [1.807, 2.05) is 6.07 Å². The Kier molecular flexibility index (Phi) is 2.70. The summed E-state index contributed by atoms with van der Waals surface area (Å²) in [5.41, 5.74) is 2.33. The van der Waals surface area contributed by atoms with Gasteiger partial charge in [0, 0.05) is 10.8 Å². The molecule has 100 valence electrons. The van der Waals surface area contributed by atoms with Crippen molar-refractivity contribution in [2.75, 3.05) is 0 Å². The van der Waals surface area contributed by atoms with Crippen LogP contribution in [-0.4, -0.2) is 5.78 Å². The molecule has 0 unspecified atom stereocenters. The number of allylic oxidation sites excluding steroid dienone is 2. The van der Waals surface area contributed by atoms with Crippen LogP contribution in [0, 0.1) is 10.8 Å². The number of hydrogen-bond acceptors (Lipinski definition) is 1. The minimum atomic E-state index is -0.214. The molecule has 3 rings (SSSR count). The van der Waals surface area contributed by atoms with Gasteiger partial charge in [-0.1, -0.05) is 55.8 Å². The van der Waals surface area contributed by atoms with Gasteiger partial charge in [-0.3, -0.25) is 4.79 Å². The zero-order chi connectivity index (χ0) is 13.7. The van der Waals surface area contributed by atoms with Crippen LogP contribution < -0.4 is 0 Å². The van der Waals surface area contributed by atoms with E-state index in [0.717, 1.165) is 19.3 Å². The molecule has 0 aromatic heterocycles. The highest BCUT2D eigenvalue weighted by Crippen LogP contribution is 2.60. The quantitative estimate of drug-likeness (QED) is 0.675. The number of rotatable bonds is 1. The zero-order valence-electron chi connectivity index (χ0n) is 12.1. The number of Topliss-reactive ketones (excluding diaryl/α,β-unsaturated/α-hetero) is 1. The topological polar surface area (TPSA) is 17.1 Å². The van der Waals surface area contributed by atoms with Crippen LogP contribution in [0.1, 0.15) is 51.5 Å². The van der Waals surface area contributed by atoms with Crippen LogP contribution in [0.15, 0.2) is 42.0 Å². The smallest absolute Gasteiger partial charge is 0.145 e. The number of carbonyl (C=O) groups is 1. The lowest BCUT2D eigenvalue weighted by atomic mass is 9.73. The van der Waals surface area contributed by atoms with E-state index >= 15 is 0 Å². The second kappa shape index (κ2) is 4.06. The summed E-state index contributed by atoms with van der Waals surface area (Å²) in [5, 5.41) is 0. The molecule has 0 amide bonds. The van der Waals surface area contributed by atoms with Gasteiger partial charge in [0.05, 0.1) is 0 Å². The fraction of sp³-hybridized carbons (Fsp3) is 0.500. The first-order valence-electron chi connectivity index (χ1n) is 7.21. The standard InChI is InChI=1S/C18H22O/c1-13-9-10-18(3)15(14-7-5-4-6-8-14)12-17(2,11-13)16(18)19/h4-9,15H,10-12H2,1-3H3/t15-,17+,18-/m0/s1. The van der Waals surface area contributed by atoms with E-state index in [1.165, 1.54) is 11.1 Å². The third-order valence-corrected chi connectivity index (χ3v) is 5.24. The Labute approximate surface area is 115 Å². The maximum atomic E-state index is 12.9. The maximum Gasteiger partial charge on any atom is 0.145 e. The van der Waals surface area contributed by atoms with Crippen molar-refractivity contribution in [1.82, 2.24) is 0 Å². The van der Waals surface area contributed by atoms with Crippen molar-refractivity contribution in [3.8, 4) is 0 Å². The van der Waals surface area contributed by atoms with Crippen molar-refractivity contribution in [3.05, 3.63) is 47.5 Å². The first-order chi connectivity index (χ1) is 8.96. The highest BCUT2D eigenvalue weighted by atomic mass is 16.1. The van der Waals surface area contributed by atoms with Gasteiger partial charge in [-0.2, -0.15) is 0 Å². The maximum absolute atomic E-state index is 12.9. The van der Waals surface area contributed by atoms with Gasteiger partial charge in [-0.25, -0.2) is 0 Å². The molecule has 1 aromatic carbocycles. The van der Waals surface area contributed by atoms with Crippen LogP contribution in [0.4, 0.5) is 0 Å². The van der Waals surface area contributed by atoms with Crippen LogP contribution in [0.5, 0.6) is 0 Å². The number of hydrogen-bond donors (Lipinski definition) is 0. The largest absolute Gasteiger partial charge is 0.298 e. The lowest BCUT2D eigenvalue weighted by molar-refractivity contribution is -0.132. The molecule has 1 saturated carbocycles. The molecule has 0 N–H and O–H groups in total. The van der Waals surface area contributed by atoms with E-state index in [0.29, 0.717) is 11.7 Å². The Morgan fingerprint density at radius 2 is 1.84 bits per heavy atom. The average molecular weight is 254 g/mol. The van der Waals surface area contributed by atoms with Gasteiger partial charge in [-0.15, -0.1) is 0 Å². The van der Waals surface area contributed by atoms with Crippen molar-refractivity contribution in [3.63, 3.8) is 0 Å². The highest BCUT2D eigenvalue weighted by molar-refractivity contribution is 5.94. The Morgan fingerprint density at radius 3 is 2.53 bits per heavy atom. The number of benzene rings is 1. The number of ketones is 1. The van der Waals surface area contributed by atoms with Crippen molar-refractivity contribution in [1.29, 1.82) is 0 Å². The fourth-order valence-corrected chi connectivity index (χ4v) is 4.25. The van der Waals surface area contributed by atoms with Crippen LogP contribution in [-0.2, 0) is 4.79 Å². The van der Waals surface area contributed by atoms with Crippen molar-refractivity contribution in [2.24, 2.45) is 10.8 Å². The molecule has 1 fully saturated rings. The van der Waals surface area contributed by atoms with Crippen molar-refractivity contribution in [2.45, 2.75) is 46.0 Å². The molecule has 3 atom stereocenters. The molecule has 0 saturated heterocycles. The average Bonchev–Trinajstić information content (AvgIpc) is 2.54. The van der Waals surface area contributed by atoms with Gasteiger partial charge in [0.15, 0.2) is 0 Å². The van der Waals surface area contributed by atoms with Gasteiger partial charge in [0.25, 0.3) is 0 Å². The molecule has 1 aromatic rings. The second-order valence-corrected chi connectivity index (χ2v) is 6.91. The Morgan fingerprint density at radius 1 is 1.16 bits per heavy atom. The fourth-order valence-electron chi connectivity index (χ4n) is 4.25. The summed E-state index contributed by atoms with van der Waals surface area (Å²) < 4.78 is 0. The van der Waals surface area contributed by atoms with E-state index in [2.05, 4.69) is 51.1 Å². The van der Waals surface area contributed by atoms with E-state index in [4.69, 9.17) is 0 Å². The molecule has 0 radical (unpaired) electrons. The van der Waals surface area contributed by atoms with Gasteiger partial charge in [-0.05, 0) is 37.7 Å². The molecule has 0 heterocycles. The first kappa shape index (κ1) is 12.7. The van der Waals surface area contributed by atoms with Crippen LogP contribution in [0.3, 0.4) is 0 Å². The molecule has 0 aliphatic heterocycles. The molecular formula is C18H22O. The molecule has 1 heteroatoms. The molecular weight excluding hydrogens is 232 g/mol. The first-order valence-corrected chi connectivity index (χ1v) is 7.21. The minimum absolute atomic E-state index is 0.160. The van der Waals surface area contributed by atoms with Gasteiger partial charge in [0.1, 0.15) is 5.78 Å². The molecule has 1 nitrogen and oxygen atoms in total. The van der Waals surface area contributed by atoms with Gasteiger partial charge < -0.3 is 0 Å². The van der Waals surface area contributed by atoms with Crippen molar-refractivity contribution >= 4 is 5.78 Å². The van der Waals surface area contributed by atoms with Crippen LogP contribution in [0.2, 0.25) is 0 Å². The summed E-state index contributed by atoms with van der Waals surface area (Å²) in [6.45, 7) is 6.51. The molecule has 0 spiro atoms. The van der Waals surface area contributed by atoms with E-state index in [1.54, 1.807) is 0 Å². The monoisotopic (exact) mass is 254 g/mol. The third-order valence-electron chi connectivity index (χ3n) is 5.24. The molecule has 2 aliphatic rings. The molecule has 19 heavy (non-hydrogen) atoms. The van der Waals surface area contributed by atoms with Crippen molar-refractivity contribution < 1.29 is 4.79 Å². The SMILES string of the molecule is CC1=CC[C@]2(C)C(=O)[C@](C)(C1)C[C@H]2c1ccccc1. The Hall–Kier alpha value is -1.37. The predicted molar refractivity (Wildman–Crippen MR) is 78.0 cm³/mol. The zero-order valence-corrected chi connectivity index (χ0v) is 12.1. The summed E-state index contributed by atoms with van der Waals surface area (Å²) in [6.07, 6.45) is 5.12. The number of carbonyl (C=O) groups excluding carboxylic acids is 1. The summed E-state index contributed by atoms with van der Waals surface area (Å²) in [7, 11) is 0. The normalized spacial score (nSPS) is 37.9. The van der Waals surface area contributed by atoms with E-state index < -0.39 is 0 Å². The van der Waals surface area contributed by atoms with E-state index in [9.17, 15) is 4.79 Å². The van der Waals surface area contributed by atoms with Gasteiger partial charge in [0.2, 0.25) is 0 Å². The van der Waals surface area contributed by atoms with Crippen LogP contribution in [0.25, 0.3) is 0 Å².